The molecule has 2 aromatic heterocycles. The number of hydrogen-bond acceptors (Lipinski definition) is 8. The molecule has 0 atom stereocenters. The molecule has 0 fully saturated rings. The summed E-state index contributed by atoms with van der Waals surface area (Å²) < 4.78 is 78.4. The molecular formula is C78H67B2F4N7O7. The molecule has 12 rings (SSSR count). The van der Waals surface area contributed by atoms with Gasteiger partial charge in [-0.25, -0.2) is 29.6 Å². The van der Waals surface area contributed by atoms with Crippen LogP contribution in [0.1, 0.15) is 67.0 Å². The zero-order valence-corrected chi connectivity index (χ0v) is 54.4. The zero-order valence-electron chi connectivity index (χ0n) is 54.4. The molecule has 0 radical (unpaired) electrons. The number of aliphatic imine (C=N–C) groups is 4. The van der Waals surface area contributed by atoms with Crippen LogP contribution in [0.5, 0.6) is 11.5 Å². The van der Waals surface area contributed by atoms with Crippen LogP contribution in [0.4, 0.5) is 33.7 Å². The van der Waals surface area contributed by atoms with Crippen LogP contribution in [0.25, 0.3) is 55.9 Å². The third-order valence-electron chi connectivity index (χ3n) is 15.7. The Kier molecular flexibility index (Phi) is 21.3. The van der Waals surface area contributed by atoms with Gasteiger partial charge in [0.1, 0.15) is 35.3 Å². The minimum absolute atomic E-state index is 0.0862. The van der Waals surface area contributed by atoms with Gasteiger partial charge in [0.05, 0.1) is 11.4 Å². The van der Waals surface area contributed by atoms with E-state index in [1.165, 1.54) is 0 Å². The van der Waals surface area contributed by atoms with Gasteiger partial charge in [-0.05, 0) is 123 Å². The zero-order chi connectivity index (χ0) is 68.9. The Morgan fingerprint density at radius 2 is 0.857 bits per heavy atom. The number of carbonyl (C=O) groups excluding carboxylic acids is 2. The molecule has 1 amide bonds. The first-order valence-electron chi connectivity index (χ1n) is 31.7. The summed E-state index contributed by atoms with van der Waals surface area (Å²) in [5.74, 6) is 0.416. The first-order chi connectivity index (χ1) is 47.3. The van der Waals surface area contributed by atoms with Crippen molar-refractivity contribution in [3.8, 4) is 56.3 Å². The Hall–Kier alpha value is -11.7. The van der Waals surface area contributed by atoms with Crippen molar-refractivity contribution in [2.24, 2.45) is 20.0 Å². The van der Waals surface area contributed by atoms with Gasteiger partial charge in [0.25, 0.3) is 0 Å². The standard InChI is InChI=1S/C43H41BF2N4O4.C35H26BF2N3O3/c1-29-17-19-31(20-18-29)37-27-39(33-14-9-6-10-15-33)50(44(45)46)41(37)49-40-36(26-38(48-40)32-12-7-5-8-13-32)30-21-23-35(24-22-30)53-28-34(51)16-11-25-47-42(52)54-43(2,3)4;1-23-12-14-25(15-13-23)30-21-32(27-10-6-3-7-11-27)41(36(37)38)35(30)40-34-29(20-31(39-34)26-8-4-2-5-9-26)24-16-18-28(19-17-24)44-22-33(42)43/h5-10,12-15,17-24,26-27H,11,16,25,28H2,1-4H3,(H,47,52);2-21H,22H2,1H3,(H,42,43). The number of alkyl carbamates (subject to hydrolysis) is 1. The predicted molar refractivity (Wildman–Crippen MR) is 383 cm³/mol. The first-order valence-corrected chi connectivity index (χ1v) is 31.7. The van der Waals surface area contributed by atoms with E-state index in [4.69, 9.17) is 39.3 Å². The number of benzene rings is 8. The number of nitrogens with one attached hydrogen (secondary N) is 1. The number of amides is 1. The van der Waals surface area contributed by atoms with E-state index >= 15 is 8.63 Å². The van der Waals surface area contributed by atoms with Crippen molar-refractivity contribution in [2.75, 3.05) is 19.8 Å². The van der Waals surface area contributed by atoms with E-state index in [0.29, 0.717) is 80.7 Å². The van der Waals surface area contributed by atoms with Crippen LogP contribution in [0.3, 0.4) is 0 Å². The maximum Gasteiger partial charge on any atom is 0.679 e. The van der Waals surface area contributed by atoms with Crippen LogP contribution in [0.2, 0.25) is 0 Å². The number of carboxylic acid groups (broad SMARTS) is 1. The van der Waals surface area contributed by atoms with E-state index in [9.17, 15) is 23.0 Å². The number of carbonyl (C=O) groups is 3. The molecule has 20 heteroatoms. The monoisotopic (exact) mass is 1310 g/mol. The van der Waals surface area contributed by atoms with Crippen molar-refractivity contribution in [2.45, 2.75) is 53.1 Å². The van der Waals surface area contributed by atoms with Crippen LogP contribution in [0.15, 0.2) is 263 Å². The fraction of sp³-hybridized carbons (Fsp3) is 0.141. The molecule has 2 N–H and O–H groups in total. The van der Waals surface area contributed by atoms with Crippen molar-refractivity contribution in [1.29, 1.82) is 0 Å². The van der Waals surface area contributed by atoms with E-state index in [1.54, 1.807) is 93.6 Å². The van der Waals surface area contributed by atoms with Gasteiger partial charge in [-0.15, -0.1) is 0 Å². The number of aromatic nitrogens is 2. The summed E-state index contributed by atoms with van der Waals surface area (Å²) in [5.41, 5.74) is 11.8. The highest BCUT2D eigenvalue weighted by atomic mass is 19.2. The normalized spacial score (nSPS) is 13.4. The summed E-state index contributed by atoms with van der Waals surface area (Å²) in [4.78, 5) is 54.8. The van der Waals surface area contributed by atoms with Gasteiger partial charge in [0.15, 0.2) is 24.1 Å². The number of halogens is 4. The van der Waals surface area contributed by atoms with E-state index in [1.807, 2.05) is 184 Å². The van der Waals surface area contributed by atoms with E-state index in [0.717, 1.165) is 53.5 Å². The molecular weight excluding hydrogens is 1240 g/mol. The van der Waals surface area contributed by atoms with Crippen LogP contribution in [-0.4, -0.2) is 95.2 Å². The van der Waals surface area contributed by atoms with Gasteiger partial charge in [-0.1, -0.05) is 205 Å². The van der Waals surface area contributed by atoms with Crippen molar-refractivity contribution in [1.82, 2.24) is 14.3 Å². The number of hydrogen-bond donors (Lipinski definition) is 2. The van der Waals surface area contributed by atoms with E-state index in [-0.39, 0.29) is 42.1 Å². The van der Waals surface area contributed by atoms with Crippen molar-refractivity contribution < 1.29 is 51.0 Å². The molecule has 14 nitrogen and oxygen atoms in total. The van der Waals surface area contributed by atoms with Crippen LogP contribution < -0.4 is 14.8 Å². The second-order valence-electron chi connectivity index (χ2n) is 24.1. The van der Waals surface area contributed by atoms with Crippen molar-refractivity contribution in [3.05, 3.63) is 276 Å². The van der Waals surface area contributed by atoms with Gasteiger partial charge >= 0.3 is 26.9 Å². The molecule has 0 saturated carbocycles. The molecule has 0 spiro atoms. The fourth-order valence-corrected chi connectivity index (χ4v) is 11.0. The SMILES string of the molecule is Cc1ccc(-c2cc(-c3ccccc3)n(B(F)F)c2N=C2N=C(c3ccccc3)C=C2c2ccc(OCC(=O)CCCNC(=O)OC(C)(C)C)cc2)cc1.Cc1ccc(-c2cc(-c3ccccc3)n(B(F)F)c2N=C2N=C(c3ccccc3)C=C2c2ccc(OCC(=O)O)cc2)cc1. The number of ketones is 1. The molecule has 10 aromatic rings. The Bertz CT molecular complexity index is 4690. The average Bonchev–Trinajstić information content (AvgIpc) is 1.62. The highest BCUT2D eigenvalue weighted by molar-refractivity contribution is 6.44. The van der Waals surface area contributed by atoms with Gasteiger partial charge in [-0.3, -0.25) is 22.1 Å². The average molecular weight is 1310 g/mol. The Balaban J connectivity index is 0.000000202. The minimum atomic E-state index is -2.88. The molecule has 98 heavy (non-hydrogen) atoms. The second-order valence-corrected chi connectivity index (χ2v) is 24.1. The van der Waals surface area contributed by atoms with E-state index < -0.39 is 39.1 Å². The van der Waals surface area contributed by atoms with Crippen LogP contribution in [-0.2, 0) is 14.3 Å². The first kappa shape index (κ1) is 67.7. The molecule has 8 aromatic carbocycles. The maximum atomic E-state index is 15.1. The second kappa shape index (κ2) is 30.8. The summed E-state index contributed by atoms with van der Waals surface area (Å²) in [7, 11) is -5.76. The van der Waals surface area contributed by atoms with E-state index in [2.05, 4.69) is 5.32 Å². The molecule has 490 valence electrons. The number of aryl methyl sites for hydroxylation is 2. The number of Topliss-reactive ketones (excluding diaryl/α,β-unsaturated/α-hetero) is 1. The number of allylic oxidation sites excluding steroid dienone is 2. The van der Waals surface area contributed by atoms with Gasteiger partial charge in [-0.2, -0.15) is 0 Å². The van der Waals surface area contributed by atoms with Gasteiger partial charge in [0.2, 0.25) is 0 Å². The lowest BCUT2D eigenvalue weighted by Crippen LogP contribution is -2.33. The van der Waals surface area contributed by atoms with Crippen LogP contribution in [0, 0.1) is 13.8 Å². The maximum absolute atomic E-state index is 15.1. The third-order valence-corrected chi connectivity index (χ3v) is 15.7. The van der Waals surface area contributed by atoms with Gasteiger partial charge < -0.3 is 33.6 Å². The number of amidine groups is 2. The highest BCUT2D eigenvalue weighted by Gasteiger charge is 2.32. The summed E-state index contributed by atoms with van der Waals surface area (Å²) in [6, 6.07) is 70.2. The quantitative estimate of drug-likeness (QED) is 0.0386. The molecule has 0 aliphatic carbocycles. The Morgan fingerprint density at radius 3 is 1.22 bits per heavy atom. The molecule has 2 aliphatic heterocycles. The lowest BCUT2D eigenvalue weighted by atomic mass is 10.0. The minimum Gasteiger partial charge on any atom is -0.486 e. The predicted octanol–water partition coefficient (Wildman–Crippen LogP) is 17.8. The lowest BCUT2D eigenvalue weighted by molar-refractivity contribution is -0.139. The summed E-state index contributed by atoms with van der Waals surface area (Å²) >= 11 is 0. The summed E-state index contributed by atoms with van der Waals surface area (Å²) in [6.45, 7) is 9.01. The fourth-order valence-electron chi connectivity index (χ4n) is 11.0. The Morgan fingerprint density at radius 1 is 0.490 bits per heavy atom. The topological polar surface area (TPSA) is 170 Å². The molecule has 4 heterocycles. The van der Waals surface area contributed by atoms with Crippen molar-refractivity contribution >= 4 is 78.5 Å². The molecule has 0 saturated heterocycles. The molecule has 0 bridgehead atoms. The number of carboxylic acids is 1. The summed E-state index contributed by atoms with van der Waals surface area (Å²) in [6.07, 6.45) is 3.94. The number of nitrogens with zero attached hydrogens (tertiary/aromatic N) is 6. The smallest absolute Gasteiger partial charge is 0.486 e. The highest BCUT2D eigenvalue weighted by Crippen LogP contribution is 2.43. The number of rotatable bonds is 22. The van der Waals surface area contributed by atoms with Gasteiger partial charge in [0, 0.05) is 57.8 Å². The number of aliphatic carboxylic acids is 1. The lowest BCUT2D eigenvalue weighted by Gasteiger charge is -2.19. The largest absolute Gasteiger partial charge is 0.679 e. The van der Waals surface area contributed by atoms with Crippen molar-refractivity contribution in [3.63, 3.8) is 0 Å². The third kappa shape index (κ3) is 16.9. The molecule has 2 aliphatic rings. The summed E-state index contributed by atoms with van der Waals surface area (Å²) in [5, 5.41) is 11.6. The molecule has 0 unspecified atom stereocenters. The number of ether oxygens (including phenoxy) is 3. The Labute approximate surface area is 566 Å². The van der Waals surface area contributed by atoms with Crippen LogP contribution >= 0.6 is 0 Å².